The Bertz CT molecular complexity index is 3040. The van der Waals surface area contributed by atoms with Gasteiger partial charge < -0.3 is 15.2 Å². The van der Waals surface area contributed by atoms with E-state index in [1.807, 2.05) is 6.20 Å². The standard InChI is InChI=1S/C48H33N5/c1-2-13-34(14-3-1)52-44-20-10-7-17-37(44)39-26-31(22-23-46(39)52)32-24-25-49-48(27-32)53-45-21-11-8-18-38(45)40-28-42-43(29-47(40)53)51-41-19-9-6-16-36(41)35-15-5-4-12-33(35)30-50-42/h1-29,50-51H,30H2. The summed E-state index contributed by atoms with van der Waals surface area (Å²) in [6, 6.07) is 60.9. The largest absolute Gasteiger partial charge is 0.379 e. The Labute approximate surface area is 306 Å². The maximum absolute atomic E-state index is 5.01. The lowest BCUT2D eigenvalue weighted by molar-refractivity contribution is 1.08. The Hall–Kier alpha value is -7.11. The minimum atomic E-state index is 0.724. The van der Waals surface area contributed by atoms with Crippen molar-refractivity contribution in [3.63, 3.8) is 0 Å². The Morgan fingerprint density at radius 1 is 0.434 bits per heavy atom. The Morgan fingerprint density at radius 2 is 1.09 bits per heavy atom. The molecule has 0 unspecified atom stereocenters. The molecule has 2 N–H and O–H groups in total. The normalized spacial score (nSPS) is 12.4. The van der Waals surface area contributed by atoms with Gasteiger partial charge in [0.2, 0.25) is 0 Å². The molecule has 0 saturated heterocycles. The third kappa shape index (κ3) is 4.68. The number of hydrogen-bond donors (Lipinski definition) is 2. The predicted molar refractivity (Wildman–Crippen MR) is 221 cm³/mol. The smallest absolute Gasteiger partial charge is 0.138 e. The van der Waals surface area contributed by atoms with Crippen LogP contribution in [0.25, 0.3) is 77.4 Å². The van der Waals surface area contributed by atoms with Crippen molar-refractivity contribution in [2.75, 3.05) is 10.6 Å². The van der Waals surface area contributed by atoms with Gasteiger partial charge in [-0.2, -0.15) is 0 Å². The molecule has 0 fully saturated rings. The molecule has 5 heteroatoms. The Balaban J connectivity index is 1.08. The third-order valence-corrected chi connectivity index (χ3v) is 10.8. The molecule has 5 nitrogen and oxygen atoms in total. The maximum Gasteiger partial charge on any atom is 0.138 e. The Morgan fingerprint density at radius 3 is 1.94 bits per heavy atom. The van der Waals surface area contributed by atoms with Crippen molar-refractivity contribution in [2.45, 2.75) is 6.54 Å². The van der Waals surface area contributed by atoms with Crippen LogP contribution in [0, 0.1) is 0 Å². The van der Waals surface area contributed by atoms with Gasteiger partial charge in [-0.3, -0.25) is 4.57 Å². The van der Waals surface area contributed by atoms with E-state index in [4.69, 9.17) is 4.98 Å². The molecule has 0 radical (unpaired) electrons. The molecule has 0 spiro atoms. The summed E-state index contributed by atoms with van der Waals surface area (Å²) in [5, 5.41) is 12.4. The van der Waals surface area contributed by atoms with E-state index in [0.717, 1.165) is 57.3 Å². The molecule has 53 heavy (non-hydrogen) atoms. The lowest BCUT2D eigenvalue weighted by Crippen LogP contribution is -2.03. The molecule has 0 bridgehead atoms. The topological polar surface area (TPSA) is 46.8 Å². The van der Waals surface area contributed by atoms with E-state index in [-0.39, 0.29) is 0 Å². The van der Waals surface area contributed by atoms with Gasteiger partial charge >= 0.3 is 0 Å². The predicted octanol–water partition coefficient (Wildman–Crippen LogP) is 12.3. The summed E-state index contributed by atoms with van der Waals surface area (Å²) in [5.41, 5.74) is 14.9. The molecule has 7 aromatic carbocycles. The van der Waals surface area contributed by atoms with Crippen LogP contribution in [0.15, 0.2) is 176 Å². The van der Waals surface area contributed by atoms with Crippen LogP contribution in [0.3, 0.4) is 0 Å². The van der Waals surface area contributed by atoms with Crippen LogP contribution in [0.1, 0.15) is 5.56 Å². The molecular formula is C48H33N5. The van der Waals surface area contributed by atoms with Gasteiger partial charge in [-0.05, 0) is 89.0 Å². The lowest BCUT2D eigenvalue weighted by Gasteiger charge is -2.15. The highest BCUT2D eigenvalue weighted by atomic mass is 15.1. The number of anilines is 3. The average molecular weight is 680 g/mol. The average Bonchev–Trinajstić information content (AvgIpc) is 3.74. The number of hydrogen-bond acceptors (Lipinski definition) is 3. The van der Waals surface area contributed by atoms with E-state index in [1.54, 1.807) is 0 Å². The number of pyridine rings is 1. The first-order valence-corrected chi connectivity index (χ1v) is 18.1. The molecular weight excluding hydrogens is 647 g/mol. The minimum absolute atomic E-state index is 0.724. The summed E-state index contributed by atoms with van der Waals surface area (Å²) in [5.74, 6) is 0.879. The van der Waals surface area contributed by atoms with Crippen molar-refractivity contribution >= 4 is 60.7 Å². The fourth-order valence-electron chi connectivity index (χ4n) is 8.34. The zero-order valence-corrected chi connectivity index (χ0v) is 28.8. The van der Waals surface area contributed by atoms with Crippen molar-refractivity contribution in [3.8, 4) is 33.8 Å². The molecule has 0 aliphatic carbocycles. The molecule has 0 amide bonds. The van der Waals surface area contributed by atoms with E-state index in [1.165, 1.54) is 49.3 Å². The van der Waals surface area contributed by atoms with Crippen LogP contribution in [0.5, 0.6) is 0 Å². The van der Waals surface area contributed by atoms with E-state index >= 15 is 0 Å². The summed E-state index contributed by atoms with van der Waals surface area (Å²) >= 11 is 0. The highest BCUT2D eigenvalue weighted by Gasteiger charge is 2.20. The molecule has 1 aliphatic heterocycles. The fraction of sp³-hybridized carbons (Fsp3) is 0.0208. The van der Waals surface area contributed by atoms with Crippen molar-refractivity contribution in [2.24, 2.45) is 0 Å². The van der Waals surface area contributed by atoms with E-state index < -0.39 is 0 Å². The van der Waals surface area contributed by atoms with E-state index in [9.17, 15) is 0 Å². The fourth-order valence-corrected chi connectivity index (χ4v) is 8.34. The van der Waals surface area contributed by atoms with Crippen LogP contribution in [0.2, 0.25) is 0 Å². The van der Waals surface area contributed by atoms with E-state index in [2.05, 4.69) is 190 Å². The van der Waals surface area contributed by atoms with Crippen LogP contribution < -0.4 is 10.6 Å². The van der Waals surface area contributed by atoms with Crippen LogP contribution in [0.4, 0.5) is 17.1 Å². The van der Waals surface area contributed by atoms with Crippen molar-refractivity contribution in [1.29, 1.82) is 0 Å². The van der Waals surface area contributed by atoms with Gasteiger partial charge in [-0.15, -0.1) is 0 Å². The van der Waals surface area contributed by atoms with Crippen molar-refractivity contribution in [3.05, 3.63) is 182 Å². The summed E-state index contributed by atoms with van der Waals surface area (Å²) in [7, 11) is 0. The zero-order chi connectivity index (χ0) is 34.9. The molecule has 10 aromatic rings. The molecule has 1 aliphatic rings. The molecule has 4 heterocycles. The first-order chi connectivity index (χ1) is 26.3. The van der Waals surface area contributed by atoms with Gasteiger partial charge in [0.05, 0.1) is 33.4 Å². The number of para-hydroxylation sites is 4. The van der Waals surface area contributed by atoms with E-state index in [0.29, 0.717) is 0 Å². The van der Waals surface area contributed by atoms with Gasteiger partial charge in [-0.25, -0.2) is 4.98 Å². The second-order valence-corrected chi connectivity index (χ2v) is 13.8. The monoisotopic (exact) mass is 679 g/mol. The second-order valence-electron chi connectivity index (χ2n) is 13.8. The molecule has 3 aromatic heterocycles. The van der Waals surface area contributed by atoms with Crippen LogP contribution >= 0.6 is 0 Å². The molecule has 11 rings (SSSR count). The van der Waals surface area contributed by atoms with Gasteiger partial charge in [-0.1, -0.05) is 103 Å². The SMILES string of the molecule is c1ccc(-n2c3ccccc3c3cc(-c4ccnc(-n5c6ccccc6c6cc7c(cc65)Nc5ccccc5-c5ccccc5CN7)c4)ccc32)cc1. The molecule has 0 saturated carbocycles. The van der Waals surface area contributed by atoms with Gasteiger partial charge in [0.1, 0.15) is 5.82 Å². The van der Waals surface area contributed by atoms with Gasteiger partial charge in [0.25, 0.3) is 0 Å². The van der Waals surface area contributed by atoms with Gasteiger partial charge in [0.15, 0.2) is 0 Å². The lowest BCUT2D eigenvalue weighted by atomic mass is 9.98. The third-order valence-electron chi connectivity index (χ3n) is 10.8. The Kier molecular flexibility index (Phi) is 6.55. The van der Waals surface area contributed by atoms with Crippen LogP contribution in [-0.2, 0) is 6.54 Å². The van der Waals surface area contributed by atoms with Crippen molar-refractivity contribution in [1.82, 2.24) is 14.1 Å². The maximum atomic E-state index is 5.01. The number of benzene rings is 7. The van der Waals surface area contributed by atoms with Crippen LogP contribution in [-0.4, -0.2) is 14.1 Å². The second kappa shape index (κ2) is 11.7. The molecule has 0 atom stereocenters. The summed E-state index contributed by atoms with van der Waals surface area (Å²) in [4.78, 5) is 5.01. The highest BCUT2D eigenvalue weighted by molar-refractivity contribution is 6.13. The number of rotatable bonds is 3. The zero-order valence-electron chi connectivity index (χ0n) is 28.8. The quantitative estimate of drug-likeness (QED) is 0.195. The van der Waals surface area contributed by atoms with Gasteiger partial charge in [0, 0.05) is 51.2 Å². The molecule has 250 valence electrons. The number of fused-ring (bicyclic) bond motifs is 10. The highest BCUT2D eigenvalue weighted by Crippen LogP contribution is 2.42. The summed E-state index contributed by atoms with van der Waals surface area (Å²) in [6.45, 7) is 0.724. The summed E-state index contributed by atoms with van der Waals surface area (Å²) < 4.78 is 4.67. The number of aromatic nitrogens is 3. The number of nitrogens with zero attached hydrogens (tertiary/aromatic N) is 3. The number of nitrogens with one attached hydrogen (secondary N) is 2. The first kappa shape index (κ1) is 29.6. The first-order valence-electron chi connectivity index (χ1n) is 18.1. The summed E-state index contributed by atoms with van der Waals surface area (Å²) in [6.07, 6.45) is 1.94. The van der Waals surface area contributed by atoms with Crippen molar-refractivity contribution < 1.29 is 0 Å². The minimum Gasteiger partial charge on any atom is -0.379 e.